The number of rotatable bonds is 4. The highest BCUT2D eigenvalue weighted by molar-refractivity contribution is 5.85. The first-order valence-electron chi connectivity index (χ1n) is 5.98. The molecule has 0 saturated heterocycles. The molecule has 0 atom stereocenters. The van der Waals surface area contributed by atoms with E-state index in [0.717, 1.165) is 22.8 Å². The van der Waals surface area contributed by atoms with E-state index in [2.05, 4.69) is 25.5 Å². The molecule has 0 fully saturated rings. The average molecular weight is 275 g/mol. The number of nitrogens with two attached hydrogens (primary N) is 1. The number of anilines is 2. The summed E-state index contributed by atoms with van der Waals surface area (Å²) >= 11 is 0. The van der Waals surface area contributed by atoms with Crippen LogP contribution in [0.3, 0.4) is 0 Å². The highest BCUT2D eigenvalue weighted by Gasteiger charge is 2.13. The number of benzene rings is 1. The van der Waals surface area contributed by atoms with Crippen LogP contribution in [0.2, 0.25) is 0 Å². The smallest absolute Gasteiger partial charge is 0.235 e. The van der Waals surface area contributed by atoms with Crippen molar-refractivity contribution in [3.63, 3.8) is 0 Å². The van der Waals surface area contributed by atoms with Gasteiger partial charge in [-0.25, -0.2) is 4.63 Å². The van der Waals surface area contributed by atoms with Crippen LogP contribution in [0.1, 0.15) is 12.5 Å². The summed E-state index contributed by atoms with van der Waals surface area (Å²) in [4.78, 5) is 0. The predicted octanol–water partition coefficient (Wildman–Crippen LogP) is 1.41. The maximum absolute atomic E-state index is 5.51. The minimum absolute atomic E-state index is 0.171. The molecule has 1 aromatic carbocycles. The molecular weight excluding hydrogens is 262 g/mol. The molecule has 0 spiro atoms. The number of nitrogens with one attached hydrogen (secondary N) is 1. The van der Waals surface area contributed by atoms with Crippen LogP contribution >= 0.6 is 0 Å². The summed E-state index contributed by atoms with van der Waals surface area (Å²) in [6, 6.07) is 5.80. The standard InChI is InChI=1S/C12H13N5O3/c1-7(14-15-12-11(13)16-20-17-12)4-8-2-3-9-10(5-8)19-6-18-9/h2-3,5H,4,6H2,1H3,(H2,13,16)(H,15,17)/b14-7-. The van der Waals surface area contributed by atoms with Gasteiger partial charge in [0.05, 0.1) is 0 Å². The molecule has 3 rings (SSSR count). The van der Waals surface area contributed by atoms with Crippen LogP contribution in [0.15, 0.2) is 27.9 Å². The van der Waals surface area contributed by atoms with Gasteiger partial charge in [-0.15, -0.1) is 0 Å². The zero-order chi connectivity index (χ0) is 13.9. The molecule has 20 heavy (non-hydrogen) atoms. The summed E-state index contributed by atoms with van der Waals surface area (Å²) in [5.41, 5.74) is 10.1. The fourth-order valence-corrected chi connectivity index (χ4v) is 1.81. The van der Waals surface area contributed by atoms with Crippen molar-refractivity contribution < 1.29 is 14.1 Å². The first-order chi connectivity index (χ1) is 9.72. The quantitative estimate of drug-likeness (QED) is 0.641. The Kier molecular flexibility index (Phi) is 3.12. The van der Waals surface area contributed by atoms with Crippen LogP contribution in [0.5, 0.6) is 11.5 Å². The summed E-state index contributed by atoms with van der Waals surface area (Å²) in [5, 5.41) is 11.2. The molecule has 8 heteroatoms. The number of nitrogens with zero attached hydrogens (tertiary/aromatic N) is 3. The topological polar surface area (TPSA) is 108 Å². The van der Waals surface area contributed by atoms with E-state index < -0.39 is 0 Å². The van der Waals surface area contributed by atoms with Crippen molar-refractivity contribution in [2.24, 2.45) is 5.10 Å². The van der Waals surface area contributed by atoms with Crippen LogP contribution in [-0.4, -0.2) is 22.8 Å². The number of ether oxygens (including phenoxy) is 2. The Morgan fingerprint density at radius 1 is 1.35 bits per heavy atom. The highest BCUT2D eigenvalue weighted by Crippen LogP contribution is 2.32. The summed E-state index contributed by atoms with van der Waals surface area (Å²) in [6.07, 6.45) is 0.662. The third-order valence-electron chi connectivity index (χ3n) is 2.76. The molecule has 0 amide bonds. The Morgan fingerprint density at radius 2 is 2.20 bits per heavy atom. The van der Waals surface area contributed by atoms with Gasteiger partial charge in [-0.1, -0.05) is 6.07 Å². The Bertz CT molecular complexity index is 652. The summed E-state index contributed by atoms with van der Waals surface area (Å²) < 4.78 is 15.1. The lowest BCUT2D eigenvalue weighted by atomic mass is 10.1. The van der Waals surface area contributed by atoms with Gasteiger partial charge in [0.2, 0.25) is 18.4 Å². The van der Waals surface area contributed by atoms with E-state index in [4.69, 9.17) is 15.2 Å². The van der Waals surface area contributed by atoms with E-state index in [1.807, 2.05) is 25.1 Å². The number of aromatic nitrogens is 2. The van der Waals surface area contributed by atoms with Gasteiger partial charge in [0.15, 0.2) is 11.5 Å². The zero-order valence-corrected chi connectivity index (χ0v) is 10.8. The average Bonchev–Trinajstić information content (AvgIpc) is 3.04. The van der Waals surface area contributed by atoms with Gasteiger partial charge >= 0.3 is 0 Å². The Labute approximate surface area is 114 Å². The van der Waals surface area contributed by atoms with Crippen LogP contribution in [0, 0.1) is 0 Å². The first kappa shape index (κ1) is 12.3. The van der Waals surface area contributed by atoms with E-state index >= 15 is 0 Å². The minimum Gasteiger partial charge on any atom is -0.454 e. The van der Waals surface area contributed by atoms with Gasteiger partial charge in [-0.2, -0.15) is 5.10 Å². The molecule has 1 aromatic heterocycles. The molecule has 0 unspecified atom stereocenters. The van der Waals surface area contributed by atoms with Crippen molar-refractivity contribution in [3.8, 4) is 11.5 Å². The summed E-state index contributed by atoms with van der Waals surface area (Å²) in [5.74, 6) is 2.00. The highest BCUT2D eigenvalue weighted by atomic mass is 16.7. The number of hydrazone groups is 1. The maximum atomic E-state index is 5.51. The molecule has 8 nitrogen and oxygen atoms in total. The van der Waals surface area contributed by atoms with E-state index in [1.165, 1.54) is 0 Å². The van der Waals surface area contributed by atoms with E-state index in [9.17, 15) is 0 Å². The second-order valence-electron chi connectivity index (χ2n) is 4.32. The molecular formula is C12H13N5O3. The molecule has 0 aliphatic carbocycles. The molecule has 104 valence electrons. The van der Waals surface area contributed by atoms with Gasteiger partial charge in [0, 0.05) is 12.1 Å². The molecule has 1 aliphatic heterocycles. The Balaban J connectivity index is 1.66. The van der Waals surface area contributed by atoms with Crippen molar-refractivity contribution in [2.75, 3.05) is 18.0 Å². The predicted molar refractivity (Wildman–Crippen MR) is 71.7 cm³/mol. The lowest BCUT2D eigenvalue weighted by Gasteiger charge is -2.03. The molecule has 0 radical (unpaired) electrons. The van der Waals surface area contributed by atoms with Crippen LogP contribution in [-0.2, 0) is 6.42 Å². The van der Waals surface area contributed by atoms with Crippen molar-refractivity contribution in [2.45, 2.75) is 13.3 Å². The fraction of sp³-hybridized carbons (Fsp3) is 0.250. The number of fused-ring (bicyclic) bond motifs is 1. The molecule has 2 heterocycles. The zero-order valence-electron chi connectivity index (χ0n) is 10.8. The molecule has 1 aliphatic rings. The first-order valence-corrected chi connectivity index (χ1v) is 5.98. The second kappa shape index (κ2) is 5.08. The van der Waals surface area contributed by atoms with Crippen LogP contribution < -0.4 is 20.6 Å². The number of nitrogen functional groups attached to an aromatic ring is 1. The van der Waals surface area contributed by atoms with Gasteiger partial charge in [-0.3, -0.25) is 5.43 Å². The molecule has 0 bridgehead atoms. The Morgan fingerprint density at radius 3 is 3.00 bits per heavy atom. The molecule has 3 N–H and O–H groups in total. The number of hydrogen-bond acceptors (Lipinski definition) is 8. The van der Waals surface area contributed by atoms with E-state index in [-0.39, 0.29) is 12.6 Å². The van der Waals surface area contributed by atoms with Gasteiger partial charge < -0.3 is 15.2 Å². The van der Waals surface area contributed by atoms with Crippen LogP contribution in [0.4, 0.5) is 11.6 Å². The maximum Gasteiger partial charge on any atom is 0.235 e. The summed E-state index contributed by atoms with van der Waals surface area (Å²) in [7, 11) is 0. The lowest BCUT2D eigenvalue weighted by Crippen LogP contribution is -2.03. The van der Waals surface area contributed by atoms with Crippen molar-refractivity contribution in [1.29, 1.82) is 0 Å². The minimum atomic E-state index is 0.171. The fourth-order valence-electron chi connectivity index (χ4n) is 1.81. The normalized spacial score (nSPS) is 13.6. The van der Waals surface area contributed by atoms with Crippen molar-refractivity contribution in [1.82, 2.24) is 10.3 Å². The third kappa shape index (κ3) is 2.48. The summed E-state index contributed by atoms with van der Waals surface area (Å²) in [6.45, 7) is 2.16. The van der Waals surface area contributed by atoms with Crippen LogP contribution in [0.25, 0.3) is 0 Å². The van der Waals surface area contributed by atoms with Crippen molar-refractivity contribution >= 4 is 17.3 Å². The monoisotopic (exact) mass is 275 g/mol. The largest absolute Gasteiger partial charge is 0.454 e. The number of hydrogen-bond donors (Lipinski definition) is 2. The molecule has 0 saturated carbocycles. The SMILES string of the molecule is C/C(Cc1ccc2c(c1)OCO2)=N/Nc1nonc1N. The van der Waals surface area contributed by atoms with Gasteiger partial charge in [0.1, 0.15) is 0 Å². The molecule has 2 aromatic rings. The lowest BCUT2D eigenvalue weighted by molar-refractivity contribution is 0.174. The Hall–Kier alpha value is -2.77. The van der Waals surface area contributed by atoms with E-state index in [1.54, 1.807) is 0 Å². The van der Waals surface area contributed by atoms with E-state index in [0.29, 0.717) is 12.2 Å². The van der Waals surface area contributed by atoms with Gasteiger partial charge in [0.25, 0.3) is 0 Å². The van der Waals surface area contributed by atoms with Crippen molar-refractivity contribution in [3.05, 3.63) is 23.8 Å². The second-order valence-corrected chi connectivity index (χ2v) is 4.32. The third-order valence-corrected chi connectivity index (χ3v) is 2.76. The van der Waals surface area contributed by atoms with Gasteiger partial charge in [-0.05, 0) is 34.9 Å².